The van der Waals surface area contributed by atoms with Gasteiger partial charge in [0.1, 0.15) is 0 Å². The van der Waals surface area contributed by atoms with Crippen LogP contribution in [0.1, 0.15) is 20.3 Å². The molecule has 0 amide bonds. The van der Waals surface area contributed by atoms with E-state index in [0.717, 1.165) is 35.9 Å². The van der Waals surface area contributed by atoms with E-state index in [9.17, 15) is 0 Å². The Hall–Kier alpha value is -0.890. The maximum absolute atomic E-state index is 5.97. The molecule has 1 unspecified atom stereocenters. The van der Waals surface area contributed by atoms with E-state index in [1.165, 1.54) is 0 Å². The maximum Gasteiger partial charge on any atom is 0.0591 e. The van der Waals surface area contributed by atoms with Crippen LogP contribution in [0, 0.1) is 5.41 Å². The van der Waals surface area contributed by atoms with E-state index in [-0.39, 0.29) is 0 Å². The number of anilines is 2. The molecule has 0 aromatic heterocycles. The summed E-state index contributed by atoms with van der Waals surface area (Å²) in [6.07, 6.45) is 1.16. The van der Waals surface area contributed by atoms with Gasteiger partial charge in [-0.1, -0.05) is 25.4 Å². The van der Waals surface area contributed by atoms with Crippen LogP contribution < -0.4 is 10.6 Å². The zero-order valence-electron chi connectivity index (χ0n) is 9.23. The van der Waals surface area contributed by atoms with Gasteiger partial charge in [-0.2, -0.15) is 0 Å². The lowest BCUT2D eigenvalue weighted by atomic mass is 9.88. The molecule has 0 bridgehead atoms. The van der Waals surface area contributed by atoms with Gasteiger partial charge in [0.15, 0.2) is 0 Å². The summed E-state index contributed by atoms with van der Waals surface area (Å²) >= 11 is 5.97. The number of nitrogens with one attached hydrogen (secondary N) is 2. The Balaban J connectivity index is 2.25. The molecule has 1 aromatic carbocycles. The Morgan fingerprint density at radius 3 is 2.60 bits per heavy atom. The van der Waals surface area contributed by atoms with Gasteiger partial charge in [0.25, 0.3) is 0 Å². The molecule has 2 rings (SSSR count). The summed E-state index contributed by atoms with van der Waals surface area (Å²) in [5.74, 6) is 0. The molecule has 0 radical (unpaired) electrons. The van der Waals surface area contributed by atoms with Gasteiger partial charge in [-0.25, -0.2) is 0 Å². The standard InChI is InChI=1S/C12H17ClN2/c1-3-12(2)7-14-10-5-4-9(13)6-11(10)15-8-12/h4-6,14-15H,3,7-8H2,1-2H3. The molecular formula is C12H17ClN2. The van der Waals surface area contributed by atoms with Crippen molar-refractivity contribution in [1.29, 1.82) is 0 Å². The fourth-order valence-electron chi connectivity index (χ4n) is 1.75. The molecule has 0 saturated heterocycles. The highest BCUT2D eigenvalue weighted by Gasteiger charge is 2.25. The van der Waals surface area contributed by atoms with Gasteiger partial charge in [0.05, 0.1) is 11.4 Å². The Morgan fingerprint density at radius 2 is 1.93 bits per heavy atom. The number of halogens is 1. The van der Waals surface area contributed by atoms with Crippen LogP contribution in [-0.4, -0.2) is 13.1 Å². The number of hydrogen-bond donors (Lipinski definition) is 2. The summed E-state index contributed by atoms with van der Waals surface area (Å²) in [6.45, 7) is 6.52. The zero-order valence-corrected chi connectivity index (χ0v) is 9.99. The lowest BCUT2D eigenvalue weighted by Crippen LogP contribution is -2.30. The monoisotopic (exact) mass is 224 g/mol. The van der Waals surface area contributed by atoms with Gasteiger partial charge >= 0.3 is 0 Å². The zero-order chi connectivity index (χ0) is 10.9. The molecule has 1 aromatic rings. The van der Waals surface area contributed by atoms with Crippen LogP contribution in [0.4, 0.5) is 11.4 Å². The summed E-state index contributed by atoms with van der Waals surface area (Å²) in [5, 5.41) is 7.71. The molecule has 1 aliphatic rings. The first kappa shape index (κ1) is 10.6. The van der Waals surface area contributed by atoms with Crippen LogP contribution in [0.2, 0.25) is 5.02 Å². The number of hydrogen-bond acceptors (Lipinski definition) is 2. The molecule has 1 heterocycles. The molecule has 1 aliphatic heterocycles. The lowest BCUT2D eigenvalue weighted by molar-refractivity contribution is 0.361. The van der Waals surface area contributed by atoms with Crippen molar-refractivity contribution in [2.24, 2.45) is 5.41 Å². The van der Waals surface area contributed by atoms with E-state index in [1.807, 2.05) is 18.2 Å². The minimum Gasteiger partial charge on any atom is -0.383 e. The maximum atomic E-state index is 5.97. The van der Waals surface area contributed by atoms with Crippen LogP contribution in [0.25, 0.3) is 0 Å². The van der Waals surface area contributed by atoms with E-state index in [0.29, 0.717) is 5.41 Å². The van der Waals surface area contributed by atoms with Gasteiger partial charge in [0, 0.05) is 23.5 Å². The van der Waals surface area contributed by atoms with Crippen molar-refractivity contribution in [3.8, 4) is 0 Å². The Kier molecular flexibility index (Phi) is 2.79. The highest BCUT2D eigenvalue weighted by molar-refractivity contribution is 6.31. The van der Waals surface area contributed by atoms with Crippen molar-refractivity contribution in [1.82, 2.24) is 0 Å². The Labute approximate surface area is 96.0 Å². The van der Waals surface area contributed by atoms with Crippen molar-refractivity contribution in [2.45, 2.75) is 20.3 Å². The molecule has 1 atom stereocenters. The summed E-state index contributed by atoms with van der Waals surface area (Å²) < 4.78 is 0. The van der Waals surface area contributed by atoms with Crippen molar-refractivity contribution >= 4 is 23.0 Å². The van der Waals surface area contributed by atoms with Crippen molar-refractivity contribution in [3.63, 3.8) is 0 Å². The lowest BCUT2D eigenvalue weighted by Gasteiger charge is -2.26. The van der Waals surface area contributed by atoms with Crippen LogP contribution in [-0.2, 0) is 0 Å². The van der Waals surface area contributed by atoms with Crippen LogP contribution >= 0.6 is 11.6 Å². The molecule has 15 heavy (non-hydrogen) atoms. The van der Waals surface area contributed by atoms with E-state index in [4.69, 9.17) is 11.6 Å². The molecular weight excluding hydrogens is 208 g/mol. The minimum absolute atomic E-state index is 0.311. The average molecular weight is 225 g/mol. The highest BCUT2D eigenvalue weighted by Crippen LogP contribution is 2.32. The third-order valence-corrected chi connectivity index (χ3v) is 3.48. The molecule has 2 nitrogen and oxygen atoms in total. The Bertz CT molecular complexity index is 365. The first-order valence-corrected chi connectivity index (χ1v) is 5.78. The second-order valence-electron chi connectivity index (χ2n) is 4.56. The van der Waals surface area contributed by atoms with Gasteiger partial charge in [-0.15, -0.1) is 0 Å². The number of rotatable bonds is 1. The number of fused-ring (bicyclic) bond motifs is 1. The predicted molar refractivity (Wildman–Crippen MR) is 66.8 cm³/mol. The highest BCUT2D eigenvalue weighted by atomic mass is 35.5. The van der Waals surface area contributed by atoms with E-state index < -0.39 is 0 Å². The predicted octanol–water partition coefficient (Wildman–Crippen LogP) is 3.59. The first-order valence-electron chi connectivity index (χ1n) is 5.40. The van der Waals surface area contributed by atoms with E-state index in [2.05, 4.69) is 24.5 Å². The van der Waals surface area contributed by atoms with Gasteiger partial charge < -0.3 is 10.6 Å². The first-order chi connectivity index (χ1) is 7.13. The summed E-state index contributed by atoms with van der Waals surface area (Å²) in [7, 11) is 0. The largest absolute Gasteiger partial charge is 0.383 e. The summed E-state index contributed by atoms with van der Waals surface area (Å²) in [5.41, 5.74) is 2.57. The van der Waals surface area contributed by atoms with E-state index in [1.54, 1.807) is 0 Å². The average Bonchev–Trinajstić information content (AvgIpc) is 2.40. The molecule has 0 spiro atoms. The minimum atomic E-state index is 0.311. The smallest absolute Gasteiger partial charge is 0.0591 e. The summed E-state index contributed by atoms with van der Waals surface area (Å²) in [6, 6.07) is 5.93. The Morgan fingerprint density at radius 1 is 1.27 bits per heavy atom. The van der Waals surface area contributed by atoms with E-state index >= 15 is 0 Å². The van der Waals surface area contributed by atoms with Crippen molar-refractivity contribution in [2.75, 3.05) is 23.7 Å². The summed E-state index contributed by atoms with van der Waals surface area (Å²) in [4.78, 5) is 0. The second-order valence-corrected chi connectivity index (χ2v) is 5.00. The third kappa shape index (κ3) is 2.20. The molecule has 0 fully saturated rings. The fourth-order valence-corrected chi connectivity index (χ4v) is 1.92. The SMILES string of the molecule is CCC1(C)CNc2ccc(Cl)cc2NC1. The van der Waals surface area contributed by atoms with Crippen LogP contribution in [0.15, 0.2) is 18.2 Å². The van der Waals surface area contributed by atoms with Crippen LogP contribution in [0.3, 0.4) is 0 Å². The quantitative estimate of drug-likeness (QED) is 0.762. The topological polar surface area (TPSA) is 24.1 Å². The van der Waals surface area contributed by atoms with Crippen molar-refractivity contribution < 1.29 is 0 Å². The molecule has 82 valence electrons. The van der Waals surface area contributed by atoms with Crippen LogP contribution in [0.5, 0.6) is 0 Å². The molecule has 2 N–H and O–H groups in total. The van der Waals surface area contributed by atoms with Gasteiger partial charge in [-0.3, -0.25) is 0 Å². The third-order valence-electron chi connectivity index (χ3n) is 3.25. The molecule has 0 aliphatic carbocycles. The molecule has 3 heteroatoms. The second kappa shape index (κ2) is 3.93. The normalized spacial score (nSPS) is 24.7. The fraction of sp³-hybridized carbons (Fsp3) is 0.500. The molecule has 0 saturated carbocycles. The number of benzene rings is 1. The van der Waals surface area contributed by atoms with Gasteiger partial charge in [0.2, 0.25) is 0 Å². The van der Waals surface area contributed by atoms with Gasteiger partial charge in [-0.05, 0) is 24.6 Å². The van der Waals surface area contributed by atoms with Crippen molar-refractivity contribution in [3.05, 3.63) is 23.2 Å².